The zero-order chi connectivity index (χ0) is 23.7. The number of benzene rings is 1. The first kappa shape index (κ1) is 21.8. The summed E-state index contributed by atoms with van der Waals surface area (Å²) in [5.74, 6) is -0.604. The molecule has 3 aromatic rings. The van der Waals surface area contributed by atoms with Gasteiger partial charge in [0.25, 0.3) is 0 Å². The highest BCUT2D eigenvalue weighted by atomic mass is 19.1. The predicted molar refractivity (Wildman–Crippen MR) is 115 cm³/mol. The maximum atomic E-state index is 14.7. The van der Waals surface area contributed by atoms with E-state index < -0.39 is 17.7 Å². The fourth-order valence-electron chi connectivity index (χ4n) is 3.57. The molecular formula is C22H19FN6O4. The first-order valence-corrected chi connectivity index (χ1v) is 9.90. The number of allylic oxidation sites excluding steroid dienone is 1. The number of nitriles is 1. The third-order valence-electron chi connectivity index (χ3n) is 5.10. The number of hydrogen-bond donors (Lipinski definition) is 1. The molecule has 3 heterocycles. The first-order valence-electron chi connectivity index (χ1n) is 9.90. The Labute approximate surface area is 187 Å². The van der Waals surface area contributed by atoms with E-state index in [9.17, 15) is 24.3 Å². The molecule has 0 spiro atoms. The van der Waals surface area contributed by atoms with Crippen LogP contribution in [0.3, 0.4) is 0 Å². The predicted octanol–water partition coefficient (Wildman–Crippen LogP) is 2.62. The first-order chi connectivity index (χ1) is 15.8. The number of rotatable bonds is 6. The van der Waals surface area contributed by atoms with E-state index in [2.05, 4.69) is 9.97 Å². The number of amides is 1. The monoisotopic (exact) mass is 450 g/mol. The molecule has 1 aromatic carbocycles. The topological polar surface area (TPSA) is 124 Å². The second kappa shape index (κ2) is 8.58. The van der Waals surface area contributed by atoms with Crippen molar-refractivity contribution in [1.82, 2.24) is 19.3 Å². The van der Waals surface area contributed by atoms with Crippen molar-refractivity contribution in [1.29, 1.82) is 5.26 Å². The lowest BCUT2D eigenvalue weighted by Gasteiger charge is -2.21. The van der Waals surface area contributed by atoms with E-state index in [4.69, 9.17) is 4.74 Å². The Morgan fingerprint density at radius 3 is 2.88 bits per heavy atom. The molecule has 10 nitrogen and oxygen atoms in total. The number of anilines is 1. The summed E-state index contributed by atoms with van der Waals surface area (Å²) in [4.78, 5) is 35.7. The van der Waals surface area contributed by atoms with Crippen LogP contribution in [-0.4, -0.2) is 57.0 Å². The summed E-state index contributed by atoms with van der Waals surface area (Å²) in [5, 5.41) is 19.2. The fourth-order valence-corrected chi connectivity index (χ4v) is 3.57. The summed E-state index contributed by atoms with van der Waals surface area (Å²) >= 11 is 0. The molecule has 0 aliphatic carbocycles. The number of aromatic nitrogens is 3. The molecule has 0 atom stereocenters. The van der Waals surface area contributed by atoms with Crippen LogP contribution in [0.25, 0.3) is 5.65 Å². The van der Waals surface area contributed by atoms with Gasteiger partial charge in [0.15, 0.2) is 17.1 Å². The minimum absolute atomic E-state index is 0.0274. The molecule has 1 aliphatic heterocycles. The second-order valence-electron chi connectivity index (χ2n) is 7.52. The number of imidazole rings is 1. The van der Waals surface area contributed by atoms with Crippen LogP contribution in [0, 0.1) is 17.1 Å². The lowest BCUT2D eigenvalue weighted by molar-refractivity contribution is 0.104. The van der Waals surface area contributed by atoms with Gasteiger partial charge in [0.1, 0.15) is 17.6 Å². The fraction of sp³-hybridized carbons (Fsp3) is 0.227. The van der Waals surface area contributed by atoms with Crippen molar-refractivity contribution in [3.8, 4) is 11.8 Å². The van der Waals surface area contributed by atoms with Crippen molar-refractivity contribution >= 4 is 23.5 Å². The van der Waals surface area contributed by atoms with Crippen molar-refractivity contribution in [3.63, 3.8) is 0 Å². The Kier molecular flexibility index (Phi) is 5.66. The van der Waals surface area contributed by atoms with Crippen LogP contribution < -0.4 is 9.64 Å². The number of carbonyl (C=O) groups is 2. The minimum atomic E-state index is -1.39. The maximum Gasteiger partial charge on any atom is 0.414 e. The van der Waals surface area contributed by atoms with Crippen molar-refractivity contribution in [3.05, 3.63) is 65.0 Å². The van der Waals surface area contributed by atoms with Crippen LogP contribution >= 0.6 is 0 Å². The lowest BCUT2D eigenvalue weighted by Crippen LogP contribution is -2.32. The van der Waals surface area contributed by atoms with Crippen LogP contribution in [0.15, 0.2) is 36.8 Å². The molecule has 0 bridgehead atoms. The molecular weight excluding hydrogens is 431 g/mol. The number of fused-ring (bicyclic) bond motifs is 2. The summed E-state index contributed by atoms with van der Waals surface area (Å²) in [7, 11) is 3.50. The van der Waals surface area contributed by atoms with Gasteiger partial charge in [-0.05, 0) is 12.1 Å². The van der Waals surface area contributed by atoms with E-state index in [-0.39, 0.29) is 35.0 Å². The van der Waals surface area contributed by atoms with Crippen LogP contribution in [-0.2, 0) is 13.0 Å². The number of ether oxygens (including phenoxy) is 1. The number of nitrogens with zero attached hydrogens (tertiary/aromatic N) is 6. The van der Waals surface area contributed by atoms with Crippen LogP contribution in [0.2, 0.25) is 0 Å². The second-order valence-corrected chi connectivity index (χ2v) is 7.52. The van der Waals surface area contributed by atoms with Crippen LogP contribution in [0.1, 0.15) is 27.2 Å². The summed E-state index contributed by atoms with van der Waals surface area (Å²) in [5.41, 5.74) is 0.904. The number of carbonyl (C=O) groups excluding carboxylic acids is 1. The zero-order valence-electron chi connectivity index (χ0n) is 17.8. The Morgan fingerprint density at radius 2 is 2.18 bits per heavy atom. The van der Waals surface area contributed by atoms with Crippen molar-refractivity contribution in [2.24, 2.45) is 0 Å². The van der Waals surface area contributed by atoms with Gasteiger partial charge in [0.2, 0.25) is 5.95 Å². The van der Waals surface area contributed by atoms with E-state index in [1.807, 2.05) is 6.07 Å². The molecule has 168 valence electrons. The number of hydrogen-bond acceptors (Lipinski definition) is 7. The molecule has 11 heteroatoms. The summed E-state index contributed by atoms with van der Waals surface area (Å²) in [6.45, 7) is 0.0371. The largest absolute Gasteiger partial charge is 0.493 e. The van der Waals surface area contributed by atoms with Gasteiger partial charge in [-0.1, -0.05) is 0 Å². The zero-order valence-corrected chi connectivity index (χ0v) is 17.8. The third-order valence-corrected chi connectivity index (χ3v) is 5.10. The van der Waals surface area contributed by atoms with Gasteiger partial charge in [0, 0.05) is 50.1 Å². The summed E-state index contributed by atoms with van der Waals surface area (Å²) in [6, 6.07) is 4.62. The van der Waals surface area contributed by atoms with Gasteiger partial charge >= 0.3 is 6.09 Å². The molecule has 0 saturated carbocycles. The Hall–Kier alpha value is -4.46. The molecule has 1 amide bonds. The van der Waals surface area contributed by atoms with Crippen molar-refractivity contribution < 1.29 is 23.8 Å². The van der Waals surface area contributed by atoms with Gasteiger partial charge in [-0.25, -0.2) is 24.1 Å². The van der Waals surface area contributed by atoms with Gasteiger partial charge in [-0.15, -0.1) is 0 Å². The molecule has 2 aromatic heterocycles. The van der Waals surface area contributed by atoms with Gasteiger partial charge in [0.05, 0.1) is 24.9 Å². The Balaban J connectivity index is 1.83. The van der Waals surface area contributed by atoms with E-state index in [0.717, 1.165) is 4.90 Å². The van der Waals surface area contributed by atoms with E-state index in [0.29, 0.717) is 24.3 Å². The van der Waals surface area contributed by atoms with E-state index >= 15 is 0 Å². The highest BCUT2D eigenvalue weighted by Gasteiger charge is 2.27. The lowest BCUT2D eigenvalue weighted by atomic mass is 10.0. The molecule has 0 fully saturated rings. The normalized spacial score (nSPS) is 12.4. The van der Waals surface area contributed by atoms with Crippen molar-refractivity contribution in [2.75, 3.05) is 25.6 Å². The average molecular weight is 450 g/mol. The van der Waals surface area contributed by atoms with Gasteiger partial charge < -0.3 is 14.7 Å². The standard InChI is InChI=1S/C22H19FN6O4/c1-27(2)7-5-18(30)15-10-25-21(28-11-13(9-24)26-20(15)28)29(22(31)32)12-16-14-6-8-33-19(14)4-3-17(16)23/h3-5,7,10-11H,6,8,12H2,1-2H3,(H,31,32)/b7-5+. The van der Waals surface area contributed by atoms with Gasteiger partial charge in [-0.2, -0.15) is 5.26 Å². The summed E-state index contributed by atoms with van der Waals surface area (Å²) < 4.78 is 21.4. The molecule has 0 saturated heterocycles. The summed E-state index contributed by atoms with van der Waals surface area (Å²) in [6.07, 6.45) is 4.41. The Morgan fingerprint density at radius 1 is 1.39 bits per heavy atom. The van der Waals surface area contributed by atoms with Gasteiger partial charge in [-0.3, -0.25) is 9.20 Å². The quantitative estimate of drug-likeness (QED) is 0.449. The molecule has 1 N–H and O–H groups in total. The van der Waals surface area contributed by atoms with Crippen LogP contribution in [0.5, 0.6) is 5.75 Å². The average Bonchev–Trinajstić information content (AvgIpc) is 3.43. The molecule has 0 radical (unpaired) electrons. The number of carboxylic acid groups (broad SMARTS) is 1. The third kappa shape index (κ3) is 4.06. The number of ketones is 1. The van der Waals surface area contributed by atoms with E-state index in [1.165, 1.54) is 35.0 Å². The highest BCUT2D eigenvalue weighted by Crippen LogP contribution is 2.32. The molecule has 4 rings (SSSR count). The molecule has 33 heavy (non-hydrogen) atoms. The SMILES string of the molecule is CN(C)/C=C/C(=O)c1cnc(N(Cc2c(F)ccc3c2CCO3)C(=O)O)n2cc(C#N)nc12. The maximum absolute atomic E-state index is 14.7. The smallest absolute Gasteiger partial charge is 0.414 e. The number of halogens is 1. The molecule has 1 aliphatic rings. The minimum Gasteiger partial charge on any atom is -0.493 e. The van der Waals surface area contributed by atoms with Crippen molar-refractivity contribution in [2.45, 2.75) is 13.0 Å². The van der Waals surface area contributed by atoms with Crippen LogP contribution in [0.4, 0.5) is 15.1 Å². The highest BCUT2D eigenvalue weighted by molar-refractivity contribution is 6.08. The van der Waals surface area contributed by atoms with E-state index in [1.54, 1.807) is 25.2 Å². The Bertz CT molecular complexity index is 1340. The molecule has 0 unspecified atom stereocenters.